The van der Waals surface area contributed by atoms with Gasteiger partial charge in [-0.25, -0.2) is 4.39 Å². The van der Waals surface area contributed by atoms with Crippen molar-refractivity contribution in [3.63, 3.8) is 0 Å². The van der Waals surface area contributed by atoms with Gasteiger partial charge in [-0.15, -0.1) is 0 Å². The number of para-hydroxylation sites is 1. The first kappa shape index (κ1) is 16.6. The molecule has 0 N–H and O–H groups in total. The van der Waals surface area contributed by atoms with Gasteiger partial charge in [0.25, 0.3) is 0 Å². The molecule has 0 aliphatic heterocycles. The van der Waals surface area contributed by atoms with Crippen LogP contribution in [-0.4, -0.2) is 20.1 Å². The normalized spacial score (nSPS) is 10.4. The number of carbonyl (C=O) groups is 1. The molecule has 0 spiro atoms. The largest absolute Gasteiger partial charge is 0.508 e. The Bertz CT molecular complexity index is 864. The van der Waals surface area contributed by atoms with Crippen molar-refractivity contribution in [2.24, 2.45) is 0 Å². The van der Waals surface area contributed by atoms with Crippen molar-refractivity contribution < 1.29 is 13.8 Å². The molecule has 0 aliphatic rings. The average molecular weight is 336 g/mol. The van der Waals surface area contributed by atoms with Gasteiger partial charge < -0.3 is 4.90 Å². The molecule has 1 amide bonds. The van der Waals surface area contributed by atoms with E-state index >= 15 is 0 Å². The molecule has 4 nitrogen and oxygen atoms in total. The number of carbonyl (C=O) groups excluding carboxylic acids is 1. The smallest absolute Gasteiger partial charge is 0.377 e. The van der Waals surface area contributed by atoms with Crippen molar-refractivity contribution >= 4 is 23.1 Å². The van der Waals surface area contributed by atoms with E-state index in [1.54, 1.807) is 24.5 Å². The van der Waals surface area contributed by atoms with Gasteiger partial charge in [0.05, 0.1) is 0 Å². The highest BCUT2D eigenvalue weighted by Gasteiger charge is 2.29. The van der Waals surface area contributed by atoms with Crippen molar-refractivity contribution in [1.82, 2.24) is 0 Å². The minimum atomic E-state index is -0.390. The summed E-state index contributed by atoms with van der Waals surface area (Å²) in [5, 5.41) is 0. The zero-order valence-electron chi connectivity index (χ0n) is 14.1. The fourth-order valence-electron chi connectivity index (χ4n) is 2.52. The maximum absolute atomic E-state index is 13.7. The zero-order valence-corrected chi connectivity index (χ0v) is 14.1. The molecule has 25 heavy (non-hydrogen) atoms. The Morgan fingerprint density at radius 2 is 1.48 bits per heavy atom. The van der Waals surface area contributed by atoms with Crippen LogP contribution in [0.2, 0.25) is 0 Å². The summed E-state index contributed by atoms with van der Waals surface area (Å²) in [4.78, 5) is 16.5. The summed E-state index contributed by atoms with van der Waals surface area (Å²) >= 11 is 0. The Labute approximate surface area is 146 Å². The predicted octanol–water partition coefficient (Wildman–Crippen LogP) is 3.99. The molecule has 0 atom stereocenters. The van der Waals surface area contributed by atoms with E-state index in [0.29, 0.717) is 11.4 Å². The summed E-state index contributed by atoms with van der Waals surface area (Å²) in [6.45, 7) is 0. The van der Waals surface area contributed by atoms with Gasteiger partial charge in [-0.3, -0.25) is 0 Å². The van der Waals surface area contributed by atoms with Crippen molar-refractivity contribution in [1.29, 1.82) is 0 Å². The number of rotatable bonds is 3. The molecule has 0 radical (unpaired) electrons. The number of halogens is 1. The molecule has 2 aromatic carbocycles. The number of nitrogens with zero attached hydrogens (tertiary/aromatic N) is 3. The molecule has 1 aromatic heterocycles. The summed E-state index contributed by atoms with van der Waals surface area (Å²) in [5.74, 6) is -0.390. The van der Waals surface area contributed by atoms with Gasteiger partial charge in [-0.1, -0.05) is 24.3 Å². The lowest BCUT2D eigenvalue weighted by Crippen LogP contribution is -2.50. The van der Waals surface area contributed by atoms with E-state index in [1.807, 2.05) is 61.5 Å². The van der Waals surface area contributed by atoms with Gasteiger partial charge in [-0.05, 0) is 24.3 Å². The maximum atomic E-state index is 13.7. The van der Waals surface area contributed by atoms with Crippen LogP contribution in [0, 0.1) is 5.82 Å². The van der Waals surface area contributed by atoms with E-state index < -0.39 is 0 Å². The number of aromatic nitrogens is 1. The topological polar surface area (TPSA) is 27.4 Å². The van der Waals surface area contributed by atoms with Crippen molar-refractivity contribution in [2.45, 2.75) is 0 Å². The van der Waals surface area contributed by atoms with E-state index in [1.165, 1.54) is 21.6 Å². The number of anilines is 3. The summed E-state index contributed by atoms with van der Waals surface area (Å²) in [6.07, 6.45) is 3.40. The van der Waals surface area contributed by atoms with Gasteiger partial charge >= 0.3 is 6.03 Å². The second-order valence-electron chi connectivity index (χ2n) is 5.79. The lowest BCUT2D eigenvalue weighted by molar-refractivity contribution is -0.569. The van der Waals surface area contributed by atoms with E-state index in [-0.39, 0.29) is 11.8 Å². The fourth-order valence-corrected chi connectivity index (χ4v) is 2.52. The van der Waals surface area contributed by atoms with Gasteiger partial charge in [-0.2, -0.15) is 14.3 Å². The van der Waals surface area contributed by atoms with Crippen LogP contribution in [0.1, 0.15) is 0 Å². The van der Waals surface area contributed by atoms with Crippen LogP contribution in [0.5, 0.6) is 0 Å². The number of pyridine rings is 1. The van der Waals surface area contributed by atoms with Crippen LogP contribution in [-0.2, 0) is 0 Å². The van der Waals surface area contributed by atoms with Crippen LogP contribution in [0.25, 0.3) is 0 Å². The Balaban J connectivity index is 2.03. The minimum absolute atomic E-state index is 0.290. The van der Waals surface area contributed by atoms with Crippen molar-refractivity contribution in [3.05, 3.63) is 84.9 Å². The molecule has 0 unspecified atom stereocenters. The second kappa shape index (κ2) is 7.13. The SMILES string of the molecule is CN(C)c1cc[n+](C(=O)N(c2ccccc2)c2cccc(F)c2)cc1. The van der Waals surface area contributed by atoms with Crippen molar-refractivity contribution in [2.75, 3.05) is 23.9 Å². The highest BCUT2D eigenvalue weighted by atomic mass is 19.1. The molecule has 0 saturated carbocycles. The molecule has 0 saturated heterocycles. The van der Waals surface area contributed by atoms with Gasteiger partial charge in [0.15, 0.2) is 0 Å². The number of amides is 1. The van der Waals surface area contributed by atoms with E-state index in [2.05, 4.69) is 0 Å². The first-order valence-electron chi connectivity index (χ1n) is 7.90. The van der Waals surface area contributed by atoms with Crippen molar-refractivity contribution in [3.8, 4) is 0 Å². The number of hydrogen-bond acceptors (Lipinski definition) is 2. The molecular weight excluding hydrogens is 317 g/mol. The Kier molecular flexibility index (Phi) is 4.75. The molecule has 3 rings (SSSR count). The second-order valence-corrected chi connectivity index (χ2v) is 5.79. The highest BCUT2D eigenvalue weighted by Crippen LogP contribution is 2.25. The van der Waals surface area contributed by atoms with Gasteiger partial charge in [0, 0.05) is 38.0 Å². The number of benzene rings is 2. The summed E-state index contributed by atoms with van der Waals surface area (Å²) in [5.41, 5.74) is 2.13. The lowest BCUT2D eigenvalue weighted by atomic mass is 10.2. The Morgan fingerprint density at radius 3 is 2.08 bits per heavy atom. The number of hydrogen-bond donors (Lipinski definition) is 0. The summed E-state index contributed by atoms with van der Waals surface area (Å²) < 4.78 is 15.2. The quantitative estimate of drug-likeness (QED) is 0.677. The van der Waals surface area contributed by atoms with Gasteiger partial charge in [0.1, 0.15) is 29.6 Å². The van der Waals surface area contributed by atoms with E-state index in [9.17, 15) is 9.18 Å². The predicted molar refractivity (Wildman–Crippen MR) is 96.7 cm³/mol. The third kappa shape index (κ3) is 3.66. The molecule has 3 aromatic rings. The summed E-state index contributed by atoms with van der Waals surface area (Å²) in [6, 6.07) is 18.6. The molecule has 126 valence electrons. The van der Waals surface area contributed by atoms with Gasteiger partial charge in [0.2, 0.25) is 0 Å². The first-order chi connectivity index (χ1) is 12.1. The zero-order chi connectivity index (χ0) is 17.8. The molecule has 0 fully saturated rings. The van der Waals surface area contributed by atoms with Crippen LogP contribution in [0.15, 0.2) is 79.1 Å². The Morgan fingerprint density at radius 1 is 0.840 bits per heavy atom. The van der Waals surface area contributed by atoms with Crippen LogP contribution < -0.4 is 14.4 Å². The maximum Gasteiger partial charge on any atom is 0.508 e. The van der Waals surface area contributed by atoms with Crippen LogP contribution in [0.4, 0.5) is 26.2 Å². The highest BCUT2D eigenvalue weighted by molar-refractivity contribution is 5.94. The molecule has 0 aliphatic carbocycles. The molecule has 0 bridgehead atoms. The third-order valence-electron chi connectivity index (χ3n) is 3.82. The third-order valence-corrected chi connectivity index (χ3v) is 3.82. The van der Waals surface area contributed by atoms with E-state index in [0.717, 1.165) is 5.69 Å². The lowest BCUT2D eigenvalue weighted by Gasteiger charge is -2.16. The standard InChI is InChI=1S/C20H19FN3O/c1-22(2)17-11-13-23(14-12-17)20(25)24(18-8-4-3-5-9-18)19-10-6-7-16(21)15-19/h3-15H,1-2H3/q+1. The summed E-state index contributed by atoms with van der Waals surface area (Å²) in [7, 11) is 3.87. The van der Waals surface area contributed by atoms with E-state index in [4.69, 9.17) is 0 Å². The molecular formula is C20H19FN3O+. The molecule has 1 heterocycles. The first-order valence-corrected chi connectivity index (χ1v) is 7.90. The fraction of sp³-hybridized carbons (Fsp3) is 0.100. The minimum Gasteiger partial charge on any atom is -0.377 e. The van der Waals surface area contributed by atoms with Crippen LogP contribution >= 0.6 is 0 Å². The Hall–Kier alpha value is -3.21. The monoisotopic (exact) mass is 336 g/mol. The average Bonchev–Trinajstić information content (AvgIpc) is 2.63. The van der Waals surface area contributed by atoms with Crippen LogP contribution in [0.3, 0.4) is 0 Å². The molecule has 5 heteroatoms.